The summed E-state index contributed by atoms with van der Waals surface area (Å²) >= 11 is 0. The van der Waals surface area contributed by atoms with Gasteiger partial charge < -0.3 is 15.5 Å². The maximum atomic E-state index is 12.7. The summed E-state index contributed by atoms with van der Waals surface area (Å²) in [6.45, 7) is 5.65. The van der Waals surface area contributed by atoms with Crippen molar-refractivity contribution in [1.29, 1.82) is 0 Å². The highest BCUT2D eigenvalue weighted by Gasteiger charge is 2.25. The second kappa shape index (κ2) is 9.95. The highest BCUT2D eigenvalue weighted by atomic mass is 19.1. The highest BCUT2D eigenvalue weighted by molar-refractivity contribution is 5.93. The van der Waals surface area contributed by atoms with E-state index in [2.05, 4.69) is 30.5 Å². The van der Waals surface area contributed by atoms with Crippen molar-refractivity contribution in [2.75, 3.05) is 36.9 Å². The van der Waals surface area contributed by atoms with E-state index in [9.17, 15) is 9.18 Å². The Morgan fingerprint density at radius 2 is 1.94 bits per heavy atom. The standard InChI is InChI=1S/C23H28FN7O/c1-15(2)27-22-14-25-13-20(29-22)18-4-3-17-12-26-21(11-19(17)28-18)30-23(32)16-5-8-31(9-6-16)10-7-24/h3-4,11-16H,5-10H2,1-2H3,(H,27,29)(H,26,30,32). The number of anilines is 2. The highest BCUT2D eigenvalue weighted by Crippen LogP contribution is 2.23. The average Bonchev–Trinajstić information content (AvgIpc) is 2.79. The Bertz CT molecular complexity index is 1080. The van der Waals surface area contributed by atoms with Gasteiger partial charge in [-0.15, -0.1) is 0 Å². The molecule has 1 fully saturated rings. The minimum absolute atomic E-state index is 0.0498. The van der Waals surface area contributed by atoms with Crippen LogP contribution < -0.4 is 10.6 Å². The molecule has 3 aromatic heterocycles. The number of fused-ring (bicyclic) bond motifs is 1. The van der Waals surface area contributed by atoms with Crippen molar-refractivity contribution in [3.8, 4) is 11.4 Å². The Morgan fingerprint density at radius 3 is 2.69 bits per heavy atom. The van der Waals surface area contributed by atoms with E-state index >= 15 is 0 Å². The summed E-state index contributed by atoms with van der Waals surface area (Å²) in [6.07, 6.45) is 6.51. The molecular weight excluding hydrogens is 409 g/mol. The maximum absolute atomic E-state index is 12.7. The maximum Gasteiger partial charge on any atom is 0.228 e. The smallest absolute Gasteiger partial charge is 0.228 e. The number of likely N-dealkylation sites (tertiary alicyclic amines) is 1. The van der Waals surface area contributed by atoms with Crippen LogP contribution in [0.5, 0.6) is 0 Å². The molecule has 0 aromatic carbocycles. The van der Waals surface area contributed by atoms with Crippen molar-refractivity contribution >= 4 is 28.4 Å². The number of hydrogen-bond donors (Lipinski definition) is 2. The van der Waals surface area contributed by atoms with E-state index in [1.165, 1.54) is 0 Å². The van der Waals surface area contributed by atoms with Crippen LogP contribution in [0.25, 0.3) is 22.3 Å². The number of pyridine rings is 2. The molecule has 1 amide bonds. The number of piperidine rings is 1. The summed E-state index contributed by atoms with van der Waals surface area (Å²) in [6, 6.07) is 5.84. The van der Waals surface area contributed by atoms with Crippen LogP contribution in [0, 0.1) is 5.92 Å². The van der Waals surface area contributed by atoms with Crippen LogP contribution in [-0.4, -0.2) is 63.1 Å². The number of carbonyl (C=O) groups is 1. The SMILES string of the molecule is CC(C)Nc1cncc(-c2ccc3cnc(NC(=O)C4CCN(CCF)CC4)cc3n2)n1. The second-order valence-corrected chi connectivity index (χ2v) is 8.34. The fraction of sp³-hybridized carbons (Fsp3) is 0.435. The van der Waals surface area contributed by atoms with Crippen LogP contribution in [0.2, 0.25) is 0 Å². The molecule has 1 saturated heterocycles. The number of hydrogen-bond acceptors (Lipinski definition) is 7. The lowest BCUT2D eigenvalue weighted by Crippen LogP contribution is -2.39. The van der Waals surface area contributed by atoms with Crippen LogP contribution in [0.4, 0.5) is 16.0 Å². The topological polar surface area (TPSA) is 95.9 Å². The van der Waals surface area contributed by atoms with Gasteiger partial charge in [-0.3, -0.25) is 9.78 Å². The van der Waals surface area contributed by atoms with E-state index in [1.807, 2.05) is 26.0 Å². The van der Waals surface area contributed by atoms with Gasteiger partial charge in [0, 0.05) is 36.2 Å². The monoisotopic (exact) mass is 437 g/mol. The van der Waals surface area contributed by atoms with Gasteiger partial charge in [-0.1, -0.05) is 0 Å². The predicted octanol–water partition coefficient (Wildman–Crippen LogP) is 3.53. The molecule has 0 radical (unpaired) electrons. The Hall–Kier alpha value is -3.20. The molecule has 0 spiro atoms. The van der Waals surface area contributed by atoms with Gasteiger partial charge >= 0.3 is 0 Å². The van der Waals surface area contributed by atoms with E-state index in [-0.39, 0.29) is 24.5 Å². The van der Waals surface area contributed by atoms with Gasteiger partial charge in [0.05, 0.1) is 23.6 Å². The van der Waals surface area contributed by atoms with Crippen molar-refractivity contribution in [3.05, 3.63) is 36.8 Å². The summed E-state index contributed by atoms with van der Waals surface area (Å²) in [5, 5.41) is 7.03. The normalized spacial score (nSPS) is 15.2. The Kier molecular flexibility index (Phi) is 6.84. The van der Waals surface area contributed by atoms with Crippen LogP contribution in [0.3, 0.4) is 0 Å². The molecule has 168 valence electrons. The average molecular weight is 438 g/mol. The third kappa shape index (κ3) is 5.34. The summed E-state index contributed by atoms with van der Waals surface area (Å²) in [5.41, 5.74) is 2.08. The van der Waals surface area contributed by atoms with E-state index < -0.39 is 0 Å². The number of halogens is 1. The molecule has 2 N–H and O–H groups in total. The van der Waals surface area contributed by atoms with Crippen molar-refractivity contribution < 1.29 is 9.18 Å². The quantitative estimate of drug-likeness (QED) is 0.584. The largest absolute Gasteiger partial charge is 0.367 e. The number of aromatic nitrogens is 4. The van der Waals surface area contributed by atoms with Crippen molar-refractivity contribution in [1.82, 2.24) is 24.8 Å². The van der Waals surface area contributed by atoms with E-state index in [1.54, 1.807) is 24.7 Å². The molecule has 4 rings (SSSR count). The summed E-state index contributed by atoms with van der Waals surface area (Å²) in [5.74, 6) is 1.03. The molecule has 0 saturated carbocycles. The first-order valence-corrected chi connectivity index (χ1v) is 11.0. The van der Waals surface area contributed by atoms with Gasteiger partial charge in [0.15, 0.2) is 0 Å². The number of alkyl halides is 1. The molecule has 4 heterocycles. The number of nitrogens with zero attached hydrogens (tertiary/aromatic N) is 5. The van der Waals surface area contributed by atoms with Crippen molar-refractivity contribution in [3.63, 3.8) is 0 Å². The molecule has 1 aliphatic heterocycles. The van der Waals surface area contributed by atoms with Crippen LogP contribution in [0.15, 0.2) is 36.8 Å². The van der Waals surface area contributed by atoms with Crippen LogP contribution in [0.1, 0.15) is 26.7 Å². The first-order valence-electron chi connectivity index (χ1n) is 11.0. The Morgan fingerprint density at radius 1 is 1.12 bits per heavy atom. The molecule has 0 unspecified atom stereocenters. The fourth-order valence-electron chi connectivity index (χ4n) is 3.85. The molecule has 3 aromatic rings. The van der Waals surface area contributed by atoms with E-state index in [0.717, 1.165) is 36.8 Å². The van der Waals surface area contributed by atoms with Gasteiger partial charge in [-0.05, 0) is 51.9 Å². The van der Waals surface area contributed by atoms with Crippen LogP contribution in [-0.2, 0) is 4.79 Å². The third-order valence-electron chi connectivity index (χ3n) is 5.52. The number of rotatable bonds is 7. The molecule has 0 aliphatic carbocycles. The van der Waals surface area contributed by atoms with Gasteiger partial charge in [0.1, 0.15) is 24.0 Å². The number of amides is 1. The first kappa shape index (κ1) is 22.0. The number of nitrogens with one attached hydrogen (secondary N) is 2. The summed E-state index contributed by atoms with van der Waals surface area (Å²) < 4.78 is 12.5. The van der Waals surface area contributed by atoms with Gasteiger partial charge in [-0.25, -0.2) is 19.3 Å². The molecule has 1 aliphatic rings. The molecule has 0 atom stereocenters. The van der Waals surface area contributed by atoms with Gasteiger partial charge in [-0.2, -0.15) is 0 Å². The molecule has 8 nitrogen and oxygen atoms in total. The zero-order valence-electron chi connectivity index (χ0n) is 18.4. The van der Waals surface area contributed by atoms with E-state index in [4.69, 9.17) is 4.98 Å². The van der Waals surface area contributed by atoms with Crippen molar-refractivity contribution in [2.24, 2.45) is 5.92 Å². The zero-order chi connectivity index (χ0) is 22.5. The molecule has 9 heteroatoms. The molecular formula is C23H28FN7O. The Balaban J connectivity index is 1.48. The van der Waals surface area contributed by atoms with Crippen molar-refractivity contribution in [2.45, 2.75) is 32.7 Å². The third-order valence-corrected chi connectivity index (χ3v) is 5.52. The lowest BCUT2D eigenvalue weighted by molar-refractivity contribution is -0.121. The molecule has 0 bridgehead atoms. The van der Waals surface area contributed by atoms with Gasteiger partial charge in [0.25, 0.3) is 0 Å². The van der Waals surface area contributed by atoms with Gasteiger partial charge in [0.2, 0.25) is 5.91 Å². The Labute approximate surface area is 186 Å². The lowest BCUT2D eigenvalue weighted by Gasteiger charge is -2.30. The number of carbonyl (C=O) groups excluding carboxylic acids is 1. The summed E-state index contributed by atoms with van der Waals surface area (Å²) in [4.78, 5) is 32.7. The minimum atomic E-state index is -0.350. The van der Waals surface area contributed by atoms with E-state index in [0.29, 0.717) is 29.6 Å². The first-order chi connectivity index (χ1) is 15.5. The van der Waals surface area contributed by atoms with Crippen LogP contribution >= 0.6 is 0 Å². The molecule has 32 heavy (non-hydrogen) atoms. The minimum Gasteiger partial charge on any atom is -0.367 e. The predicted molar refractivity (Wildman–Crippen MR) is 123 cm³/mol. The lowest BCUT2D eigenvalue weighted by atomic mass is 9.96. The second-order valence-electron chi connectivity index (χ2n) is 8.34. The fourth-order valence-corrected chi connectivity index (χ4v) is 3.85. The summed E-state index contributed by atoms with van der Waals surface area (Å²) in [7, 11) is 0. The zero-order valence-corrected chi connectivity index (χ0v) is 18.4.